The van der Waals surface area contributed by atoms with Gasteiger partial charge in [-0.1, -0.05) is 39.8 Å². The molecule has 1 nitrogen and oxygen atoms in total. The molecule has 0 spiro atoms. The molecule has 0 saturated heterocycles. The fourth-order valence-corrected chi connectivity index (χ4v) is 1.33. The van der Waals surface area contributed by atoms with Gasteiger partial charge in [-0.15, -0.1) is 0 Å². The summed E-state index contributed by atoms with van der Waals surface area (Å²) in [5.74, 6) is 0.733. The van der Waals surface area contributed by atoms with Crippen LogP contribution < -0.4 is 5.32 Å². The monoisotopic (exact) mass is 193 g/mol. The molecule has 1 rings (SSSR count). The van der Waals surface area contributed by atoms with E-state index in [4.69, 9.17) is 0 Å². The molecular formula is C13H23N. The SMILES string of the molecule is CC.CNc1cccc(CC(C)C)c1. The molecule has 0 saturated carbocycles. The van der Waals surface area contributed by atoms with Crippen molar-refractivity contribution in [3.63, 3.8) is 0 Å². The van der Waals surface area contributed by atoms with Crippen molar-refractivity contribution in [2.45, 2.75) is 34.1 Å². The van der Waals surface area contributed by atoms with E-state index in [9.17, 15) is 0 Å². The molecule has 14 heavy (non-hydrogen) atoms. The van der Waals surface area contributed by atoms with E-state index < -0.39 is 0 Å². The van der Waals surface area contributed by atoms with Crippen molar-refractivity contribution in [3.05, 3.63) is 29.8 Å². The lowest BCUT2D eigenvalue weighted by Crippen LogP contribution is -1.95. The molecule has 0 aliphatic carbocycles. The highest BCUT2D eigenvalue weighted by molar-refractivity contribution is 5.45. The lowest BCUT2D eigenvalue weighted by molar-refractivity contribution is 0.647. The van der Waals surface area contributed by atoms with Gasteiger partial charge in [-0.05, 0) is 30.0 Å². The summed E-state index contributed by atoms with van der Waals surface area (Å²) in [6.07, 6.45) is 1.16. The molecule has 0 aliphatic rings. The highest BCUT2D eigenvalue weighted by Gasteiger charge is 1.97. The maximum atomic E-state index is 3.14. The third-order valence-electron chi connectivity index (χ3n) is 1.86. The van der Waals surface area contributed by atoms with Crippen LogP contribution >= 0.6 is 0 Å². The number of nitrogens with one attached hydrogen (secondary N) is 1. The first-order valence-electron chi connectivity index (χ1n) is 5.49. The summed E-state index contributed by atoms with van der Waals surface area (Å²) in [6, 6.07) is 8.58. The van der Waals surface area contributed by atoms with E-state index in [0.29, 0.717) is 0 Å². The van der Waals surface area contributed by atoms with Crippen molar-refractivity contribution in [2.24, 2.45) is 5.92 Å². The largest absolute Gasteiger partial charge is 0.388 e. The number of anilines is 1. The first kappa shape index (κ1) is 13.0. The Hall–Kier alpha value is -0.980. The predicted octanol–water partition coefficient (Wildman–Crippen LogP) is 3.95. The van der Waals surface area contributed by atoms with Crippen LogP contribution in [0.1, 0.15) is 33.3 Å². The zero-order chi connectivity index (χ0) is 11.0. The summed E-state index contributed by atoms with van der Waals surface area (Å²) >= 11 is 0. The summed E-state index contributed by atoms with van der Waals surface area (Å²) < 4.78 is 0. The molecule has 0 atom stereocenters. The minimum atomic E-state index is 0.733. The Labute approximate surface area is 88.5 Å². The average Bonchev–Trinajstić information content (AvgIpc) is 2.20. The van der Waals surface area contributed by atoms with Crippen molar-refractivity contribution in [3.8, 4) is 0 Å². The van der Waals surface area contributed by atoms with Crippen molar-refractivity contribution in [2.75, 3.05) is 12.4 Å². The number of hydrogen-bond acceptors (Lipinski definition) is 1. The Bertz CT molecular complexity index is 241. The van der Waals surface area contributed by atoms with Gasteiger partial charge in [0.25, 0.3) is 0 Å². The van der Waals surface area contributed by atoms with Gasteiger partial charge in [0, 0.05) is 12.7 Å². The molecule has 0 bridgehead atoms. The van der Waals surface area contributed by atoms with Gasteiger partial charge in [-0.2, -0.15) is 0 Å². The first-order chi connectivity index (χ1) is 6.72. The number of rotatable bonds is 3. The quantitative estimate of drug-likeness (QED) is 0.766. The molecule has 0 radical (unpaired) electrons. The Morgan fingerprint density at radius 3 is 2.36 bits per heavy atom. The molecule has 1 aromatic carbocycles. The van der Waals surface area contributed by atoms with E-state index in [-0.39, 0.29) is 0 Å². The second-order valence-electron chi connectivity index (χ2n) is 3.55. The van der Waals surface area contributed by atoms with Gasteiger partial charge in [-0.25, -0.2) is 0 Å². The van der Waals surface area contributed by atoms with Crippen LogP contribution in [0, 0.1) is 5.92 Å². The van der Waals surface area contributed by atoms with Gasteiger partial charge in [0.15, 0.2) is 0 Å². The van der Waals surface area contributed by atoms with Gasteiger partial charge in [0.2, 0.25) is 0 Å². The molecule has 80 valence electrons. The second-order valence-corrected chi connectivity index (χ2v) is 3.55. The topological polar surface area (TPSA) is 12.0 Å². The van der Waals surface area contributed by atoms with Gasteiger partial charge < -0.3 is 5.32 Å². The Morgan fingerprint density at radius 2 is 1.86 bits per heavy atom. The average molecular weight is 193 g/mol. The van der Waals surface area contributed by atoms with Crippen LogP contribution in [0.2, 0.25) is 0 Å². The molecule has 0 heterocycles. The van der Waals surface area contributed by atoms with Crippen LogP contribution in [-0.2, 0) is 6.42 Å². The van der Waals surface area contributed by atoms with Crippen molar-refractivity contribution in [1.29, 1.82) is 0 Å². The molecular weight excluding hydrogens is 170 g/mol. The summed E-state index contributed by atoms with van der Waals surface area (Å²) in [7, 11) is 1.95. The van der Waals surface area contributed by atoms with Crippen molar-refractivity contribution >= 4 is 5.69 Å². The normalized spacial score (nSPS) is 9.29. The zero-order valence-corrected chi connectivity index (χ0v) is 10.1. The fraction of sp³-hybridized carbons (Fsp3) is 0.538. The van der Waals surface area contributed by atoms with E-state index in [0.717, 1.165) is 12.3 Å². The minimum absolute atomic E-state index is 0.733. The molecule has 0 unspecified atom stereocenters. The molecule has 1 aromatic rings. The van der Waals surface area contributed by atoms with Crippen LogP contribution in [0.3, 0.4) is 0 Å². The summed E-state index contributed by atoms with van der Waals surface area (Å²) in [4.78, 5) is 0. The maximum absolute atomic E-state index is 3.14. The summed E-state index contributed by atoms with van der Waals surface area (Å²) in [5.41, 5.74) is 2.62. The van der Waals surface area contributed by atoms with E-state index in [1.165, 1.54) is 11.3 Å². The van der Waals surface area contributed by atoms with Gasteiger partial charge >= 0.3 is 0 Å². The standard InChI is InChI=1S/C11H17N.C2H6/c1-9(2)7-10-5-4-6-11(8-10)12-3;1-2/h4-6,8-9,12H,7H2,1-3H3;1-2H3. The molecule has 1 N–H and O–H groups in total. The third-order valence-corrected chi connectivity index (χ3v) is 1.86. The van der Waals surface area contributed by atoms with Crippen molar-refractivity contribution < 1.29 is 0 Å². The van der Waals surface area contributed by atoms with Crippen LogP contribution in [-0.4, -0.2) is 7.05 Å². The highest BCUT2D eigenvalue weighted by atomic mass is 14.8. The lowest BCUT2D eigenvalue weighted by atomic mass is 10.0. The van der Waals surface area contributed by atoms with Gasteiger partial charge in [-0.3, -0.25) is 0 Å². The summed E-state index contributed by atoms with van der Waals surface area (Å²) in [5, 5.41) is 3.14. The Morgan fingerprint density at radius 1 is 1.21 bits per heavy atom. The van der Waals surface area contributed by atoms with E-state index in [2.05, 4.69) is 43.4 Å². The first-order valence-corrected chi connectivity index (χ1v) is 5.49. The Balaban J connectivity index is 0.000000791. The van der Waals surface area contributed by atoms with Crippen LogP contribution in [0.4, 0.5) is 5.69 Å². The fourth-order valence-electron chi connectivity index (χ4n) is 1.33. The number of hydrogen-bond donors (Lipinski definition) is 1. The lowest BCUT2D eigenvalue weighted by Gasteiger charge is -2.06. The van der Waals surface area contributed by atoms with E-state index in [1.54, 1.807) is 0 Å². The Kier molecular flexibility index (Phi) is 6.91. The zero-order valence-electron chi connectivity index (χ0n) is 10.1. The van der Waals surface area contributed by atoms with E-state index >= 15 is 0 Å². The molecule has 0 aliphatic heterocycles. The second kappa shape index (κ2) is 7.43. The molecule has 0 aromatic heterocycles. The maximum Gasteiger partial charge on any atom is 0.0340 e. The van der Waals surface area contributed by atoms with Crippen LogP contribution in [0.25, 0.3) is 0 Å². The van der Waals surface area contributed by atoms with E-state index in [1.807, 2.05) is 20.9 Å². The number of benzene rings is 1. The van der Waals surface area contributed by atoms with Gasteiger partial charge in [0.1, 0.15) is 0 Å². The van der Waals surface area contributed by atoms with Gasteiger partial charge in [0.05, 0.1) is 0 Å². The third kappa shape index (κ3) is 4.90. The van der Waals surface area contributed by atoms with Crippen LogP contribution in [0.15, 0.2) is 24.3 Å². The molecule has 1 heteroatoms. The summed E-state index contributed by atoms with van der Waals surface area (Å²) in [6.45, 7) is 8.48. The van der Waals surface area contributed by atoms with Crippen molar-refractivity contribution in [1.82, 2.24) is 0 Å². The molecule has 0 fully saturated rings. The smallest absolute Gasteiger partial charge is 0.0340 e. The highest BCUT2D eigenvalue weighted by Crippen LogP contribution is 2.13. The molecule has 0 amide bonds. The van der Waals surface area contributed by atoms with Crippen LogP contribution in [0.5, 0.6) is 0 Å². The minimum Gasteiger partial charge on any atom is -0.388 e. The predicted molar refractivity (Wildman–Crippen MR) is 65.9 cm³/mol.